The van der Waals surface area contributed by atoms with Crippen molar-refractivity contribution in [3.63, 3.8) is 0 Å². The lowest BCUT2D eigenvalue weighted by Gasteiger charge is -2.07. The fraction of sp³-hybridized carbons (Fsp3) is 0.182. The monoisotopic (exact) mass is 388 g/mol. The Kier molecular flexibility index (Phi) is 5.20. The van der Waals surface area contributed by atoms with E-state index in [0.29, 0.717) is 35.4 Å². The Morgan fingerprint density at radius 1 is 1.31 bits per heavy atom. The van der Waals surface area contributed by atoms with Crippen LogP contribution in [-0.2, 0) is 13.0 Å². The van der Waals surface area contributed by atoms with Crippen molar-refractivity contribution in [2.45, 2.75) is 19.4 Å². The fourth-order valence-electron chi connectivity index (χ4n) is 3.32. The van der Waals surface area contributed by atoms with Crippen LogP contribution in [0.5, 0.6) is 5.75 Å². The van der Waals surface area contributed by atoms with Crippen LogP contribution in [0.4, 0.5) is 0 Å². The predicted molar refractivity (Wildman–Crippen MR) is 112 cm³/mol. The van der Waals surface area contributed by atoms with E-state index in [1.165, 1.54) is 6.21 Å². The molecule has 0 saturated heterocycles. The molecule has 4 rings (SSSR count). The zero-order valence-corrected chi connectivity index (χ0v) is 15.8. The minimum absolute atomic E-state index is 0.0522. The minimum atomic E-state index is -0.380. The van der Waals surface area contributed by atoms with Crippen LogP contribution < -0.4 is 15.7 Å². The molecule has 2 heterocycles. The van der Waals surface area contributed by atoms with E-state index in [0.717, 1.165) is 24.2 Å². The maximum atomic E-state index is 12.5. The van der Waals surface area contributed by atoms with E-state index in [-0.39, 0.29) is 11.5 Å². The van der Waals surface area contributed by atoms with Gasteiger partial charge in [0.2, 0.25) is 0 Å². The third-order valence-corrected chi connectivity index (χ3v) is 4.72. The maximum Gasteiger partial charge on any atom is 0.271 e. The van der Waals surface area contributed by atoms with Gasteiger partial charge in [0.15, 0.2) is 0 Å². The number of nitrogens with zero attached hydrogens (tertiary/aromatic N) is 3. The molecule has 0 fully saturated rings. The molecule has 0 radical (unpaired) electrons. The second-order valence-electron chi connectivity index (χ2n) is 6.66. The molecule has 146 valence electrons. The zero-order valence-electron chi connectivity index (χ0n) is 15.8. The molecular weight excluding hydrogens is 368 g/mol. The number of rotatable bonds is 6. The lowest BCUT2D eigenvalue weighted by atomic mass is 10.1. The first-order chi connectivity index (χ1) is 14.2. The second-order valence-corrected chi connectivity index (χ2v) is 6.66. The summed E-state index contributed by atoms with van der Waals surface area (Å²) in [5, 5.41) is 4.54. The summed E-state index contributed by atoms with van der Waals surface area (Å²) in [5.74, 6) is 1.04. The van der Waals surface area contributed by atoms with Crippen molar-refractivity contribution in [3.05, 3.63) is 82.4 Å². The van der Waals surface area contributed by atoms with Crippen LogP contribution in [-0.4, -0.2) is 28.3 Å². The number of hydrazone groups is 1. The van der Waals surface area contributed by atoms with Gasteiger partial charge < -0.3 is 4.74 Å². The van der Waals surface area contributed by atoms with Crippen LogP contribution in [0.2, 0.25) is 0 Å². The van der Waals surface area contributed by atoms with E-state index in [4.69, 9.17) is 4.74 Å². The number of aromatic nitrogens is 2. The molecule has 1 aromatic heterocycles. The molecule has 2 aromatic carbocycles. The molecule has 0 unspecified atom stereocenters. The standard InChI is InChI=1S/C22H20N4O3/c1-2-12-29-19-7-4-3-6-16(19)14-23-25-21(27)15-9-10-17-18(13-15)24-20-8-5-11-26(20)22(17)28/h2-4,6-7,9-10,13-14H,1,5,8,11-12H2,(H,25,27)/b23-14-. The average molecular weight is 388 g/mol. The topological polar surface area (TPSA) is 85.6 Å². The number of fused-ring (bicyclic) bond motifs is 2. The molecule has 0 saturated carbocycles. The third kappa shape index (κ3) is 3.80. The molecule has 3 aromatic rings. The van der Waals surface area contributed by atoms with Crippen molar-refractivity contribution in [2.24, 2.45) is 5.10 Å². The van der Waals surface area contributed by atoms with E-state index >= 15 is 0 Å². The fourth-order valence-corrected chi connectivity index (χ4v) is 3.32. The first kappa shape index (κ1) is 18.6. The summed E-state index contributed by atoms with van der Waals surface area (Å²) >= 11 is 0. The lowest BCUT2D eigenvalue weighted by Crippen LogP contribution is -2.22. The Bertz CT molecular complexity index is 1180. The number of carbonyl (C=O) groups is 1. The van der Waals surface area contributed by atoms with Gasteiger partial charge in [0, 0.05) is 24.1 Å². The summed E-state index contributed by atoms with van der Waals surface area (Å²) in [6, 6.07) is 12.3. The number of benzene rings is 2. The molecule has 1 aliphatic heterocycles. The van der Waals surface area contributed by atoms with Gasteiger partial charge >= 0.3 is 0 Å². The molecule has 1 amide bonds. The molecule has 0 aliphatic carbocycles. The van der Waals surface area contributed by atoms with Gasteiger partial charge in [-0.3, -0.25) is 14.2 Å². The Hall–Kier alpha value is -3.74. The number of hydrogen-bond acceptors (Lipinski definition) is 5. The van der Waals surface area contributed by atoms with E-state index in [2.05, 4.69) is 22.1 Å². The van der Waals surface area contributed by atoms with E-state index < -0.39 is 0 Å². The van der Waals surface area contributed by atoms with Crippen molar-refractivity contribution in [1.82, 2.24) is 15.0 Å². The number of nitrogens with one attached hydrogen (secondary N) is 1. The van der Waals surface area contributed by atoms with Gasteiger partial charge in [-0.25, -0.2) is 10.4 Å². The first-order valence-corrected chi connectivity index (χ1v) is 9.37. The van der Waals surface area contributed by atoms with E-state index in [1.54, 1.807) is 28.8 Å². The summed E-state index contributed by atoms with van der Waals surface area (Å²) in [7, 11) is 0. The summed E-state index contributed by atoms with van der Waals surface area (Å²) < 4.78 is 7.27. The zero-order chi connectivity index (χ0) is 20.2. The Labute approximate surface area is 167 Å². The highest BCUT2D eigenvalue weighted by molar-refractivity contribution is 5.98. The summed E-state index contributed by atoms with van der Waals surface area (Å²) in [5.41, 5.74) is 4.11. The molecule has 1 N–H and O–H groups in total. The van der Waals surface area contributed by atoms with Gasteiger partial charge in [0.05, 0.1) is 17.1 Å². The number of aryl methyl sites for hydroxylation is 1. The highest BCUT2D eigenvalue weighted by Crippen LogP contribution is 2.17. The number of para-hydroxylation sites is 1. The van der Waals surface area contributed by atoms with Crippen molar-refractivity contribution >= 4 is 23.0 Å². The van der Waals surface area contributed by atoms with Crippen LogP contribution >= 0.6 is 0 Å². The van der Waals surface area contributed by atoms with Crippen LogP contribution in [0, 0.1) is 0 Å². The number of amides is 1. The number of carbonyl (C=O) groups excluding carboxylic acids is 1. The van der Waals surface area contributed by atoms with Gasteiger partial charge in [-0.05, 0) is 36.8 Å². The molecule has 0 spiro atoms. The lowest BCUT2D eigenvalue weighted by molar-refractivity contribution is 0.0955. The minimum Gasteiger partial charge on any atom is -0.489 e. The third-order valence-electron chi connectivity index (χ3n) is 4.72. The van der Waals surface area contributed by atoms with Gasteiger partial charge in [0.1, 0.15) is 18.2 Å². The van der Waals surface area contributed by atoms with Crippen LogP contribution in [0.3, 0.4) is 0 Å². The van der Waals surface area contributed by atoms with Crippen molar-refractivity contribution < 1.29 is 9.53 Å². The maximum absolute atomic E-state index is 12.5. The highest BCUT2D eigenvalue weighted by atomic mass is 16.5. The Morgan fingerprint density at radius 3 is 3.03 bits per heavy atom. The molecule has 29 heavy (non-hydrogen) atoms. The highest BCUT2D eigenvalue weighted by Gasteiger charge is 2.17. The number of ether oxygens (including phenoxy) is 1. The SMILES string of the molecule is C=CCOc1ccccc1/C=N\NC(=O)c1ccc2c(=O)n3c(nc2c1)CCC3. The van der Waals surface area contributed by atoms with Gasteiger partial charge in [-0.2, -0.15) is 5.10 Å². The van der Waals surface area contributed by atoms with Crippen molar-refractivity contribution in [2.75, 3.05) is 6.61 Å². The van der Waals surface area contributed by atoms with Crippen LogP contribution in [0.25, 0.3) is 10.9 Å². The van der Waals surface area contributed by atoms with Crippen molar-refractivity contribution in [1.29, 1.82) is 0 Å². The molecular formula is C22H20N4O3. The van der Waals surface area contributed by atoms with Gasteiger partial charge in [0.25, 0.3) is 11.5 Å². The molecule has 0 bridgehead atoms. The normalized spacial score (nSPS) is 12.8. The smallest absolute Gasteiger partial charge is 0.271 e. The summed E-state index contributed by atoms with van der Waals surface area (Å²) in [4.78, 5) is 29.5. The van der Waals surface area contributed by atoms with Crippen molar-refractivity contribution in [3.8, 4) is 5.75 Å². The summed E-state index contributed by atoms with van der Waals surface area (Å²) in [6.07, 6.45) is 4.87. The Balaban J connectivity index is 1.53. The average Bonchev–Trinajstić information content (AvgIpc) is 3.21. The number of hydrogen-bond donors (Lipinski definition) is 1. The predicted octanol–water partition coefficient (Wildman–Crippen LogP) is 2.67. The molecule has 7 heteroatoms. The quantitative estimate of drug-likeness (QED) is 0.400. The summed E-state index contributed by atoms with van der Waals surface area (Å²) in [6.45, 7) is 4.71. The van der Waals surface area contributed by atoms with Gasteiger partial charge in [-0.1, -0.05) is 24.8 Å². The molecule has 0 atom stereocenters. The van der Waals surface area contributed by atoms with E-state index in [9.17, 15) is 9.59 Å². The Morgan fingerprint density at radius 2 is 2.17 bits per heavy atom. The van der Waals surface area contributed by atoms with Crippen LogP contribution in [0.1, 0.15) is 28.2 Å². The second kappa shape index (κ2) is 8.10. The molecule has 7 nitrogen and oxygen atoms in total. The van der Waals surface area contributed by atoms with Gasteiger partial charge in [-0.15, -0.1) is 0 Å². The van der Waals surface area contributed by atoms with E-state index in [1.807, 2.05) is 24.3 Å². The molecule has 1 aliphatic rings. The largest absolute Gasteiger partial charge is 0.489 e. The first-order valence-electron chi connectivity index (χ1n) is 9.37. The van der Waals surface area contributed by atoms with Crippen LogP contribution in [0.15, 0.2) is 65.0 Å².